The molecule has 0 spiro atoms. The summed E-state index contributed by atoms with van der Waals surface area (Å²) < 4.78 is 0. The molecular weight excluding hydrogens is 1040 g/mol. The fraction of sp³-hybridized carbons (Fsp3) is 0.578. The van der Waals surface area contributed by atoms with Crippen molar-refractivity contribution in [2.75, 3.05) is 31.1 Å². The van der Waals surface area contributed by atoms with Crippen LogP contribution in [-0.2, 0) is 64.0 Å². The lowest BCUT2D eigenvalue weighted by molar-refractivity contribution is -0.142. The van der Waals surface area contributed by atoms with Gasteiger partial charge >= 0.3 is 0 Å². The lowest BCUT2D eigenvalue weighted by atomic mass is 9.96. The van der Waals surface area contributed by atoms with Gasteiger partial charge in [-0.05, 0) is 55.7 Å². The second-order valence-electron chi connectivity index (χ2n) is 17.7. The normalized spacial score (nSPS) is 22.7. The highest BCUT2D eigenvalue weighted by atomic mass is 33.1. The van der Waals surface area contributed by atoms with E-state index in [0.29, 0.717) is 18.4 Å². The highest BCUT2D eigenvalue weighted by Gasteiger charge is 2.41. The van der Waals surface area contributed by atoms with E-state index in [-0.39, 0.29) is 62.0 Å². The molecule has 3 rings (SSSR count). The van der Waals surface area contributed by atoms with Gasteiger partial charge in [-0.15, -0.1) is 0 Å². The number of primary amides is 3. The first-order valence-corrected chi connectivity index (χ1v) is 26.5. The molecule has 11 amide bonds. The average molecular weight is 1110 g/mol. The summed E-state index contributed by atoms with van der Waals surface area (Å²) in [5, 5.41) is 35.0. The fourth-order valence-electron chi connectivity index (χ4n) is 7.41. The molecule has 0 bridgehead atoms. The minimum absolute atomic E-state index is 0.00520. The van der Waals surface area contributed by atoms with Gasteiger partial charge in [-0.3, -0.25) is 62.5 Å². The van der Waals surface area contributed by atoms with Crippen molar-refractivity contribution in [3.05, 3.63) is 29.8 Å². The van der Waals surface area contributed by atoms with Crippen LogP contribution in [0.25, 0.3) is 0 Å². The molecule has 2 heterocycles. The Morgan fingerprint density at radius 2 is 1.39 bits per heavy atom. The van der Waals surface area contributed by atoms with Crippen LogP contribution in [0.3, 0.4) is 0 Å². The lowest BCUT2D eigenvalue weighted by Crippen LogP contribution is -2.61. The van der Waals surface area contributed by atoms with E-state index in [1.54, 1.807) is 13.8 Å². The Morgan fingerprint density at radius 3 is 1.99 bits per heavy atom. The number of phenolic OH excluding ortho intramolecular Hbond substituents is 1. The molecule has 0 radical (unpaired) electrons. The van der Waals surface area contributed by atoms with E-state index in [1.165, 1.54) is 29.2 Å². The van der Waals surface area contributed by atoms with Gasteiger partial charge in [0.2, 0.25) is 65.0 Å². The number of nitrogens with one attached hydrogen (secondary N) is 7. The average Bonchev–Trinajstić information content (AvgIpc) is 3.84. The van der Waals surface area contributed by atoms with Crippen LogP contribution in [0, 0.1) is 5.92 Å². The highest BCUT2D eigenvalue weighted by Crippen LogP contribution is 2.26. The van der Waals surface area contributed by atoms with E-state index in [4.69, 9.17) is 44.3 Å². The molecule has 0 aromatic heterocycles. The minimum atomic E-state index is -1.78. The molecule has 2 fully saturated rings. The Labute approximate surface area is 445 Å². The zero-order valence-electron chi connectivity index (χ0n) is 42.4. The molecule has 0 saturated carbocycles. The Bertz CT molecular complexity index is 2270. The number of carboxylic acid groups (broad SMARTS) is 1. The van der Waals surface area contributed by atoms with E-state index in [1.807, 2.05) is 0 Å². The van der Waals surface area contributed by atoms with Crippen molar-refractivity contribution in [1.82, 2.24) is 42.1 Å². The molecule has 2 aliphatic heterocycles. The van der Waals surface area contributed by atoms with Crippen LogP contribution in [0.2, 0.25) is 0 Å². The molecule has 9 atom stereocenters. The summed E-state index contributed by atoms with van der Waals surface area (Å²) in [5.74, 6) is -11.8. The van der Waals surface area contributed by atoms with Gasteiger partial charge in [0, 0.05) is 44.4 Å². The smallest absolute Gasteiger partial charge is 0.300 e. The third kappa shape index (κ3) is 23.4. The topological polar surface area (TPSA) is 501 Å². The number of phenols is 1. The summed E-state index contributed by atoms with van der Waals surface area (Å²) in [4.78, 5) is 161. The van der Waals surface area contributed by atoms with Crippen LogP contribution in [0.15, 0.2) is 29.3 Å². The van der Waals surface area contributed by atoms with E-state index in [2.05, 4.69) is 42.2 Å². The molecular formula is C45H71N15O14S2. The number of hydrogen-bond acceptors (Lipinski definition) is 17. The monoisotopic (exact) mass is 1110 g/mol. The molecule has 2 saturated heterocycles. The molecule has 1 aromatic rings. The van der Waals surface area contributed by atoms with Gasteiger partial charge in [0.15, 0.2) is 5.96 Å². The van der Waals surface area contributed by atoms with Gasteiger partial charge in [0.1, 0.15) is 48.0 Å². The second kappa shape index (κ2) is 32.8. The molecule has 21 N–H and O–H groups in total. The Kier molecular flexibility index (Phi) is 27.9. The van der Waals surface area contributed by atoms with Crippen LogP contribution < -0.4 is 71.6 Å². The third-order valence-electron chi connectivity index (χ3n) is 11.5. The summed E-state index contributed by atoms with van der Waals surface area (Å²) in [6.45, 7) is 4.03. The first-order valence-electron chi connectivity index (χ1n) is 24.0. The Balaban J connectivity index is 0.00000476. The maximum Gasteiger partial charge on any atom is 0.300 e. The molecule has 422 valence electrons. The largest absolute Gasteiger partial charge is 0.508 e. The van der Waals surface area contributed by atoms with Crippen LogP contribution in [0.5, 0.6) is 5.75 Å². The SMILES string of the molecule is CC(=O)O.CC[C@H](C)[C@@H]1NC(=O)[C@H](Cc2ccc(O)cc2)NC(=O)[C@@H](N)CSSC[C@@H](C(=O)N2CCC[C@H]2C(=O)N[C@@H](CCCN=C(N)N)C(=O)NCC(N)=O)NC(=O)[C@H](CC(N)=O)NC(=O)[C@H](CCC(N)=O)NC1=O. The zero-order valence-corrected chi connectivity index (χ0v) is 44.0. The number of amides is 11. The molecule has 1 aromatic carbocycles. The highest BCUT2D eigenvalue weighted by molar-refractivity contribution is 8.76. The van der Waals surface area contributed by atoms with Crippen molar-refractivity contribution in [3.8, 4) is 5.75 Å². The number of aromatic hydroxyl groups is 1. The van der Waals surface area contributed by atoms with Crippen LogP contribution >= 0.6 is 21.6 Å². The first-order chi connectivity index (χ1) is 35.7. The predicted octanol–water partition coefficient (Wildman–Crippen LogP) is -5.51. The molecule has 2 aliphatic rings. The summed E-state index contributed by atoms with van der Waals surface area (Å²) in [7, 11) is 2.00. The van der Waals surface area contributed by atoms with Crippen molar-refractivity contribution < 1.29 is 67.7 Å². The molecule has 76 heavy (non-hydrogen) atoms. The van der Waals surface area contributed by atoms with E-state index in [0.717, 1.165) is 28.5 Å². The summed E-state index contributed by atoms with van der Waals surface area (Å²) in [6, 6.07) is -5.40. The van der Waals surface area contributed by atoms with Gasteiger partial charge in [-0.2, -0.15) is 0 Å². The first kappa shape index (κ1) is 64.7. The van der Waals surface area contributed by atoms with Crippen molar-refractivity contribution in [2.24, 2.45) is 45.3 Å². The van der Waals surface area contributed by atoms with E-state index in [9.17, 15) is 57.8 Å². The number of nitrogens with zero attached hydrogens (tertiary/aromatic N) is 2. The number of guanidine groups is 1. The van der Waals surface area contributed by atoms with Crippen molar-refractivity contribution in [1.29, 1.82) is 0 Å². The number of rotatable bonds is 19. The summed E-state index contributed by atoms with van der Waals surface area (Å²) >= 11 is 0. The lowest BCUT2D eigenvalue weighted by Gasteiger charge is -2.31. The number of likely N-dealkylation sites (tertiary alicyclic amines) is 1. The molecule has 0 unspecified atom stereocenters. The number of aliphatic imine (C=N–C) groups is 1. The number of nitrogens with two attached hydrogens (primary N) is 6. The van der Waals surface area contributed by atoms with Gasteiger partial charge in [-0.1, -0.05) is 54.0 Å². The Morgan fingerprint density at radius 1 is 0.803 bits per heavy atom. The van der Waals surface area contributed by atoms with Crippen LogP contribution in [0.4, 0.5) is 0 Å². The minimum Gasteiger partial charge on any atom is -0.508 e. The van der Waals surface area contributed by atoms with Gasteiger partial charge in [0.05, 0.1) is 19.0 Å². The van der Waals surface area contributed by atoms with E-state index >= 15 is 0 Å². The number of aliphatic carboxylic acids is 1. The zero-order chi connectivity index (χ0) is 57.2. The van der Waals surface area contributed by atoms with Gasteiger partial charge in [-0.25, -0.2) is 0 Å². The molecule has 31 heteroatoms. The number of carbonyl (C=O) groups is 12. The summed E-state index contributed by atoms with van der Waals surface area (Å²) in [6.07, 6.45) is -0.813. The van der Waals surface area contributed by atoms with Gasteiger partial charge in [0.25, 0.3) is 5.97 Å². The third-order valence-corrected chi connectivity index (χ3v) is 14.0. The number of carboxylic acids is 1. The maximum absolute atomic E-state index is 14.5. The number of hydrogen-bond donors (Lipinski definition) is 15. The van der Waals surface area contributed by atoms with Crippen molar-refractivity contribution >= 4 is 98.5 Å². The van der Waals surface area contributed by atoms with Crippen molar-refractivity contribution in [3.63, 3.8) is 0 Å². The maximum atomic E-state index is 14.5. The standard InChI is InChI=1S/C43H67N15O12S2.C2H4O2/c1-3-21(2)34-41(69)53-26(12-13-31(45)60)37(65)55-28(17-32(46)61)38(66)56-29(20-72-71-19-24(44)35(63)54-27(39(67)57-34)16-22-8-10-23(59)11-9-22)42(70)58-15-5-7-30(58)40(68)52-25(6-4-14-50-43(48)49)36(64)51-18-33(47)62;1-2(3)4/h8-11,21,24-30,34,59H,3-7,12-20,44H2,1-2H3,(H2,45,60)(H2,46,61)(H2,47,62)(H,51,64)(H,52,68)(H,53,69)(H,54,63)(H,55,65)(H,56,66)(H,57,67)(H4,48,49,50);1H3,(H,3,4)/t21-,24-,25-,26-,27-,28-,29-,30-,34-;/m0./s1. The number of benzene rings is 1. The molecule has 29 nitrogen and oxygen atoms in total. The fourth-order valence-corrected chi connectivity index (χ4v) is 9.69. The van der Waals surface area contributed by atoms with Gasteiger partial charge < -0.3 is 86.7 Å². The quantitative estimate of drug-likeness (QED) is 0.0266. The Hall–Kier alpha value is -7.41. The van der Waals surface area contributed by atoms with Crippen LogP contribution in [-0.4, -0.2) is 171 Å². The second-order valence-corrected chi connectivity index (χ2v) is 20.3. The predicted molar refractivity (Wildman–Crippen MR) is 278 cm³/mol. The molecule has 0 aliphatic carbocycles. The van der Waals surface area contributed by atoms with Crippen molar-refractivity contribution in [2.45, 2.75) is 127 Å². The van der Waals surface area contributed by atoms with E-state index < -0.39 is 151 Å². The summed E-state index contributed by atoms with van der Waals surface area (Å²) in [5.41, 5.74) is 33.7. The van der Waals surface area contributed by atoms with Crippen LogP contribution in [0.1, 0.15) is 77.7 Å². The number of carbonyl (C=O) groups excluding carboxylic acids is 11.